The molecule has 0 atom stereocenters. The van der Waals surface area contributed by atoms with Crippen LogP contribution in [0.15, 0.2) is 59.0 Å². The van der Waals surface area contributed by atoms with Gasteiger partial charge in [0.2, 0.25) is 5.89 Å². The van der Waals surface area contributed by atoms with Crippen molar-refractivity contribution in [3.63, 3.8) is 0 Å². The minimum absolute atomic E-state index is 0.140. The van der Waals surface area contributed by atoms with Gasteiger partial charge in [-0.2, -0.15) is 13.2 Å². The Balaban J connectivity index is 1.87. The molecule has 0 N–H and O–H groups in total. The fourth-order valence-electron chi connectivity index (χ4n) is 2.15. The van der Waals surface area contributed by atoms with Gasteiger partial charge < -0.3 is 9.15 Å². The van der Waals surface area contributed by atoms with E-state index in [1.54, 1.807) is 0 Å². The summed E-state index contributed by atoms with van der Waals surface area (Å²) in [6.07, 6.45) is -2.84. The number of methoxy groups -OCH3 is 1. The van der Waals surface area contributed by atoms with Gasteiger partial charge in [0.1, 0.15) is 0 Å². The lowest BCUT2D eigenvalue weighted by molar-refractivity contribution is -0.137. The van der Waals surface area contributed by atoms with E-state index in [1.807, 2.05) is 30.3 Å². The standard InChI is InChI=1S/C18H13F3N2O2/c1-24-15(11-12-7-9-14(10-8-12)18(19,20)21)17-23-22-16(25-17)13-5-3-2-4-6-13/h2-11H,1H3/b15-11-. The van der Waals surface area contributed by atoms with Gasteiger partial charge in [0.15, 0.2) is 5.76 Å². The third kappa shape index (κ3) is 3.88. The van der Waals surface area contributed by atoms with Crippen molar-refractivity contribution in [2.75, 3.05) is 7.11 Å². The Kier molecular flexibility index (Phi) is 4.56. The van der Waals surface area contributed by atoms with Gasteiger partial charge in [-0.15, -0.1) is 10.2 Å². The second-order valence-electron chi connectivity index (χ2n) is 5.11. The van der Waals surface area contributed by atoms with Gasteiger partial charge in [0.25, 0.3) is 5.89 Å². The first kappa shape index (κ1) is 16.8. The Morgan fingerprint density at radius 1 is 1.00 bits per heavy atom. The smallest absolute Gasteiger partial charge is 0.416 e. The first-order valence-corrected chi connectivity index (χ1v) is 7.29. The highest BCUT2D eigenvalue weighted by molar-refractivity contribution is 5.74. The molecule has 0 unspecified atom stereocenters. The van der Waals surface area contributed by atoms with Crippen LogP contribution in [0.5, 0.6) is 0 Å². The molecular formula is C18H13F3N2O2. The molecule has 0 spiro atoms. The molecule has 1 aromatic heterocycles. The summed E-state index contributed by atoms with van der Waals surface area (Å²) in [6, 6.07) is 13.9. The first-order valence-electron chi connectivity index (χ1n) is 7.29. The number of aromatic nitrogens is 2. The van der Waals surface area contributed by atoms with Crippen molar-refractivity contribution < 1.29 is 22.3 Å². The van der Waals surface area contributed by atoms with Crippen molar-refractivity contribution in [2.24, 2.45) is 0 Å². The fraction of sp³-hybridized carbons (Fsp3) is 0.111. The first-order chi connectivity index (χ1) is 12.0. The van der Waals surface area contributed by atoms with Gasteiger partial charge >= 0.3 is 6.18 Å². The lowest BCUT2D eigenvalue weighted by atomic mass is 10.1. The number of rotatable bonds is 4. The lowest BCUT2D eigenvalue weighted by Gasteiger charge is -2.06. The third-order valence-electron chi connectivity index (χ3n) is 3.41. The van der Waals surface area contributed by atoms with Gasteiger partial charge in [-0.1, -0.05) is 30.3 Å². The Bertz CT molecular complexity index is 869. The maximum atomic E-state index is 12.6. The van der Waals surface area contributed by atoms with Crippen LogP contribution in [0.1, 0.15) is 17.0 Å². The van der Waals surface area contributed by atoms with Gasteiger partial charge in [-0.3, -0.25) is 0 Å². The number of ether oxygens (including phenoxy) is 1. The number of halogens is 3. The average molecular weight is 346 g/mol. The summed E-state index contributed by atoms with van der Waals surface area (Å²) in [4.78, 5) is 0. The molecule has 4 nitrogen and oxygen atoms in total. The molecular weight excluding hydrogens is 333 g/mol. The van der Waals surface area contributed by atoms with E-state index in [9.17, 15) is 13.2 Å². The van der Waals surface area contributed by atoms with E-state index in [0.717, 1.165) is 17.7 Å². The Labute approximate surface area is 141 Å². The molecule has 0 saturated heterocycles. The second-order valence-corrected chi connectivity index (χ2v) is 5.11. The monoisotopic (exact) mass is 346 g/mol. The highest BCUT2D eigenvalue weighted by atomic mass is 19.4. The maximum absolute atomic E-state index is 12.6. The van der Waals surface area contributed by atoms with Crippen LogP contribution in [-0.2, 0) is 10.9 Å². The molecule has 3 rings (SSSR count). The predicted octanol–water partition coefficient (Wildman–Crippen LogP) is 4.90. The highest BCUT2D eigenvalue weighted by Gasteiger charge is 2.29. The van der Waals surface area contributed by atoms with Crippen LogP contribution in [0.4, 0.5) is 13.2 Å². The number of hydrogen-bond donors (Lipinski definition) is 0. The van der Waals surface area contributed by atoms with Crippen molar-refractivity contribution >= 4 is 11.8 Å². The summed E-state index contributed by atoms with van der Waals surface area (Å²) in [5.74, 6) is 0.724. The van der Waals surface area contributed by atoms with Crippen molar-refractivity contribution in [3.05, 3.63) is 71.6 Å². The fourth-order valence-corrected chi connectivity index (χ4v) is 2.15. The second kappa shape index (κ2) is 6.80. The zero-order valence-electron chi connectivity index (χ0n) is 13.1. The van der Waals surface area contributed by atoms with E-state index in [0.29, 0.717) is 11.5 Å². The average Bonchev–Trinajstić information content (AvgIpc) is 3.10. The largest absolute Gasteiger partial charge is 0.491 e. The van der Waals surface area contributed by atoms with Gasteiger partial charge in [0, 0.05) is 5.56 Å². The minimum Gasteiger partial charge on any atom is -0.491 e. The summed E-state index contributed by atoms with van der Waals surface area (Å²) < 4.78 is 48.6. The maximum Gasteiger partial charge on any atom is 0.416 e. The van der Waals surface area contributed by atoms with Crippen LogP contribution >= 0.6 is 0 Å². The summed E-state index contributed by atoms with van der Waals surface area (Å²) in [7, 11) is 1.42. The van der Waals surface area contributed by atoms with Gasteiger partial charge in [-0.05, 0) is 35.9 Å². The van der Waals surface area contributed by atoms with E-state index in [2.05, 4.69) is 10.2 Å². The van der Waals surface area contributed by atoms with Crippen molar-refractivity contribution in [1.29, 1.82) is 0 Å². The van der Waals surface area contributed by atoms with Crippen LogP contribution in [0.3, 0.4) is 0 Å². The van der Waals surface area contributed by atoms with Crippen molar-refractivity contribution in [2.45, 2.75) is 6.18 Å². The third-order valence-corrected chi connectivity index (χ3v) is 3.41. The van der Waals surface area contributed by atoms with Gasteiger partial charge in [-0.25, -0.2) is 0 Å². The molecule has 25 heavy (non-hydrogen) atoms. The molecule has 0 bridgehead atoms. The quantitative estimate of drug-likeness (QED) is 0.631. The van der Waals surface area contributed by atoms with E-state index in [-0.39, 0.29) is 11.6 Å². The zero-order valence-corrected chi connectivity index (χ0v) is 13.1. The summed E-state index contributed by atoms with van der Waals surface area (Å²) in [5, 5.41) is 7.88. The molecule has 0 aliphatic rings. The Morgan fingerprint density at radius 2 is 1.68 bits per heavy atom. The molecule has 1 heterocycles. The molecule has 0 saturated carbocycles. The van der Waals surface area contributed by atoms with Crippen LogP contribution in [0.25, 0.3) is 23.3 Å². The van der Waals surface area contributed by atoms with Crippen LogP contribution in [-0.4, -0.2) is 17.3 Å². The van der Waals surface area contributed by atoms with E-state index >= 15 is 0 Å². The normalized spacial score (nSPS) is 12.2. The predicted molar refractivity (Wildman–Crippen MR) is 86.1 cm³/mol. The van der Waals surface area contributed by atoms with Crippen LogP contribution < -0.4 is 0 Å². The number of hydrogen-bond acceptors (Lipinski definition) is 4. The molecule has 0 aliphatic carbocycles. The van der Waals surface area contributed by atoms with Crippen LogP contribution in [0, 0.1) is 0 Å². The molecule has 7 heteroatoms. The van der Waals surface area contributed by atoms with E-state index < -0.39 is 11.7 Å². The summed E-state index contributed by atoms with van der Waals surface area (Å²) in [5.41, 5.74) is 0.559. The highest BCUT2D eigenvalue weighted by Crippen LogP contribution is 2.30. The van der Waals surface area contributed by atoms with E-state index in [4.69, 9.17) is 9.15 Å². The molecule has 0 amide bonds. The number of alkyl halides is 3. The summed E-state index contributed by atoms with van der Waals surface area (Å²) >= 11 is 0. The molecule has 0 aliphatic heterocycles. The minimum atomic E-state index is -4.37. The molecule has 0 fully saturated rings. The number of nitrogens with zero attached hydrogens (tertiary/aromatic N) is 2. The van der Waals surface area contributed by atoms with E-state index in [1.165, 1.54) is 25.3 Å². The van der Waals surface area contributed by atoms with Crippen molar-refractivity contribution in [1.82, 2.24) is 10.2 Å². The zero-order chi connectivity index (χ0) is 17.9. The Morgan fingerprint density at radius 3 is 2.28 bits per heavy atom. The molecule has 3 aromatic rings. The Hall–Kier alpha value is -3.09. The molecule has 0 radical (unpaired) electrons. The molecule has 128 valence electrons. The van der Waals surface area contributed by atoms with Crippen molar-refractivity contribution in [3.8, 4) is 11.5 Å². The number of benzene rings is 2. The van der Waals surface area contributed by atoms with Crippen LogP contribution in [0.2, 0.25) is 0 Å². The van der Waals surface area contributed by atoms with Gasteiger partial charge in [0.05, 0.1) is 12.7 Å². The topological polar surface area (TPSA) is 48.2 Å². The molecule has 2 aromatic carbocycles. The summed E-state index contributed by atoms with van der Waals surface area (Å²) in [6.45, 7) is 0. The SMILES string of the molecule is CO/C(=C\c1ccc(C(F)(F)F)cc1)c1nnc(-c2ccccc2)o1. The lowest BCUT2D eigenvalue weighted by Crippen LogP contribution is -2.04.